The molecule has 0 bridgehead atoms. The van der Waals surface area contributed by atoms with E-state index in [-0.39, 0.29) is 18.0 Å². The maximum atomic E-state index is 14.4. The number of fused-ring (bicyclic) bond motifs is 1. The third kappa shape index (κ3) is 3.90. The van der Waals surface area contributed by atoms with Crippen molar-refractivity contribution in [2.45, 2.75) is 32.0 Å². The van der Waals surface area contributed by atoms with Gasteiger partial charge in [0, 0.05) is 37.7 Å². The average Bonchev–Trinajstić information content (AvgIpc) is 3.02. The summed E-state index contributed by atoms with van der Waals surface area (Å²) in [7, 11) is 1.57. The Labute approximate surface area is 157 Å². The van der Waals surface area contributed by atoms with Gasteiger partial charge in [-0.25, -0.2) is 14.4 Å². The van der Waals surface area contributed by atoms with Crippen molar-refractivity contribution in [2.24, 2.45) is 0 Å². The summed E-state index contributed by atoms with van der Waals surface area (Å²) in [5.74, 6) is 1.59. The Kier molecular flexibility index (Phi) is 4.98. The molecular weight excluding hydrogens is 353 g/mol. The quantitative estimate of drug-likeness (QED) is 0.795. The molecule has 2 aliphatic heterocycles. The Morgan fingerprint density at radius 1 is 1.30 bits per heavy atom. The predicted molar refractivity (Wildman–Crippen MR) is 94.9 cm³/mol. The molecule has 27 heavy (non-hydrogen) atoms. The largest absolute Gasteiger partial charge is 0.487 e. The molecule has 0 aromatic carbocycles. The molecular formula is C19H22FN3O4. The molecule has 2 aliphatic rings. The zero-order valence-corrected chi connectivity index (χ0v) is 15.4. The van der Waals surface area contributed by atoms with Crippen molar-refractivity contribution >= 4 is 0 Å². The maximum Gasteiger partial charge on any atom is 0.257 e. The van der Waals surface area contributed by atoms with E-state index in [1.54, 1.807) is 19.4 Å². The molecule has 2 aromatic rings. The first-order chi connectivity index (χ1) is 13.1. The minimum Gasteiger partial charge on any atom is -0.487 e. The summed E-state index contributed by atoms with van der Waals surface area (Å²) in [5.41, 5.74) is 0.359. The highest BCUT2D eigenvalue weighted by Gasteiger charge is 2.32. The summed E-state index contributed by atoms with van der Waals surface area (Å²) >= 11 is 0. The van der Waals surface area contributed by atoms with E-state index in [0.29, 0.717) is 55.3 Å². The molecule has 0 amide bonds. The first-order valence-electron chi connectivity index (χ1n) is 8.98. The van der Waals surface area contributed by atoms with E-state index < -0.39 is 0 Å². The van der Waals surface area contributed by atoms with E-state index in [9.17, 15) is 4.39 Å². The third-order valence-corrected chi connectivity index (χ3v) is 4.80. The number of methoxy groups -OCH3 is 1. The first-order valence-corrected chi connectivity index (χ1v) is 8.98. The predicted octanol–water partition coefficient (Wildman–Crippen LogP) is 2.44. The first kappa shape index (κ1) is 17.8. The van der Waals surface area contributed by atoms with Gasteiger partial charge in [-0.05, 0) is 13.0 Å². The minimum absolute atomic E-state index is 0.00969. The van der Waals surface area contributed by atoms with Crippen LogP contribution in [0.5, 0.6) is 23.3 Å². The Bertz CT molecular complexity index is 802. The van der Waals surface area contributed by atoms with E-state index >= 15 is 0 Å². The molecule has 8 heteroatoms. The molecule has 2 aromatic heterocycles. The van der Waals surface area contributed by atoms with Gasteiger partial charge in [0.1, 0.15) is 30.9 Å². The van der Waals surface area contributed by atoms with Gasteiger partial charge < -0.3 is 18.9 Å². The zero-order chi connectivity index (χ0) is 18.8. The van der Waals surface area contributed by atoms with E-state index in [1.165, 1.54) is 6.07 Å². The van der Waals surface area contributed by atoms with Crippen LogP contribution in [-0.4, -0.2) is 53.9 Å². The number of halogens is 1. The van der Waals surface area contributed by atoms with Gasteiger partial charge in [0.2, 0.25) is 5.88 Å². The lowest BCUT2D eigenvalue weighted by Gasteiger charge is -2.22. The molecule has 0 aliphatic carbocycles. The Morgan fingerprint density at radius 3 is 2.93 bits per heavy atom. The fraction of sp³-hybridized carbons (Fsp3) is 0.474. The lowest BCUT2D eigenvalue weighted by molar-refractivity contribution is 0.160. The van der Waals surface area contributed by atoms with Gasteiger partial charge >= 0.3 is 0 Å². The fourth-order valence-electron chi connectivity index (χ4n) is 3.39. The zero-order valence-electron chi connectivity index (χ0n) is 15.4. The number of aromatic nitrogens is 2. The molecule has 0 radical (unpaired) electrons. The lowest BCUT2D eigenvalue weighted by atomic mass is 10.2. The number of ether oxygens (including phenoxy) is 4. The topological polar surface area (TPSA) is 65.9 Å². The van der Waals surface area contributed by atoms with Crippen LogP contribution in [0.3, 0.4) is 0 Å². The number of hydrogen-bond donors (Lipinski definition) is 0. The molecule has 1 fully saturated rings. The van der Waals surface area contributed by atoms with Gasteiger partial charge in [-0.1, -0.05) is 0 Å². The summed E-state index contributed by atoms with van der Waals surface area (Å²) in [6.45, 7) is 4.02. The van der Waals surface area contributed by atoms with E-state index in [0.717, 1.165) is 6.42 Å². The Hall–Kier alpha value is -2.61. The molecule has 1 unspecified atom stereocenters. The van der Waals surface area contributed by atoms with Crippen LogP contribution in [0.1, 0.15) is 19.0 Å². The van der Waals surface area contributed by atoms with E-state index in [4.69, 9.17) is 18.9 Å². The number of nitrogens with zero attached hydrogens (tertiary/aromatic N) is 3. The SMILES string of the molecule is COc1ccc(OC2C[C@H](C)N(Cc3nc4c(cc3F)OCCO4)C2)cn1. The summed E-state index contributed by atoms with van der Waals surface area (Å²) in [5, 5.41) is 0. The summed E-state index contributed by atoms with van der Waals surface area (Å²) in [4.78, 5) is 10.6. The molecule has 144 valence electrons. The average molecular weight is 375 g/mol. The van der Waals surface area contributed by atoms with E-state index in [1.807, 2.05) is 6.07 Å². The lowest BCUT2D eigenvalue weighted by Crippen LogP contribution is -2.29. The smallest absolute Gasteiger partial charge is 0.257 e. The van der Waals surface area contributed by atoms with Gasteiger partial charge in [0.05, 0.1) is 19.0 Å². The van der Waals surface area contributed by atoms with Gasteiger partial charge in [-0.3, -0.25) is 4.90 Å². The second-order valence-corrected chi connectivity index (χ2v) is 6.71. The van der Waals surface area contributed by atoms with Crippen LogP contribution in [0.4, 0.5) is 4.39 Å². The van der Waals surface area contributed by atoms with Crippen LogP contribution >= 0.6 is 0 Å². The van der Waals surface area contributed by atoms with Gasteiger partial charge in [0.15, 0.2) is 5.75 Å². The highest BCUT2D eigenvalue weighted by atomic mass is 19.1. The number of rotatable bonds is 5. The molecule has 4 rings (SSSR count). The van der Waals surface area contributed by atoms with Crippen molar-refractivity contribution in [1.82, 2.24) is 14.9 Å². The van der Waals surface area contributed by atoms with Crippen molar-refractivity contribution in [3.8, 4) is 23.3 Å². The number of likely N-dealkylation sites (tertiary alicyclic amines) is 1. The summed E-state index contributed by atoms with van der Waals surface area (Å²) in [6, 6.07) is 5.20. The molecule has 7 nitrogen and oxygen atoms in total. The normalized spacial score (nSPS) is 21.9. The standard InChI is InChI=1S/C19H22FN3O4/c1-12-7-14(27-13-3-4-18(24-2)21-9-13)10-23(12)11-16-15(20)8-17-19(22-16)26-6-5-25-17/h3-4,8-9,12,14H,5-7,10-11H2,1-2H3/t12-,14?/m0/s1. The van der Waals surface area contributed by atoms with Crippen molar-refractivity contribution < 1.29 is 23.3 Å². The van der Waals surface area contributed by atoms with E-state index in [2.05, 4.69) is 21.8 Å². The molecule has 0 N–H and O–H groups in total. The minimum atomic E-state index is -0.379. The van der Waals surface area contributed by atoms with Crippen molar-refractivity contribution in [1.29, 1.82) is 0 Å². The molecule has 4 heterocycles. The molecule has 2 atom stereocenters. The summed E-state index contributed by atoms with van der Waals surface area (Å²) in [6.07, 6.45) is 2.50. The Morgan fingerprint density at radius 2 is 2.15 bits per heavy atom. The van der Waals surface area contributed by atoms with Crippen molar-refractivity contribution in [3.63, 3.8) is 0 Å². The highest BCUT2D eigenvalue weighted by Crippen LogP contribution is 2.31. The van der Waals surface area contributed by atoms with Gasteiger partial charge in [-0.2, -0.15) is 0 Å². The molecule has 0 saturated carbocycles. The molecule has 1 saturated heterocycles. The molecule has 0 spiro atoms. The monoisotopic (exact) mass is 375 g/mol. The fourth-order valence-corrected chi connectivity index (χ4v) is 3.39. The second kappa shape index (κ2) is 7.56. The van der Waals surface area contributed by atoms with Crippen LogP contribution in [0, 0.1) is 5.82 Å². The van der Waals surface area contributed by atoms with Crippen LogP contribution in [0.15, 0.2) is 24.4 Å². The number of hydrogen-bond acceptors (Lipinski definition) is 7. The van der Waals surface area contributed by atoms with Gasteiger partial charge in [0.25, 0.3) is 5.88 Å². The summed E-state index contributed by atoms with van der Waals surface area (Å²) < 4.78 is 36.3. The number of pyridine rings is 2. The van der Waals surface area contributed by atoms with Crippen LogP contribution in [-0.2, 0) is 6.54 Å². The Balaban J connectivity index is 1.41. The van der Waals surface area contributed by atoms with Crippen molar-refractivity contribution in [2.75, 3.05) is 26.9 Å². The van der Waals surface area contributed by atoms with Crippen LogP contribution < -0.4 is 18.9 Å². The highest BCUT2D eigenvalue weighted by molar-refractivity contribution is 5.36. The second-order valence-electron chi connectivity index (χ2n) is 6.71. The third-order valence-electron chi connectivity index (χ3n) is 4.80. The van der Waals surface area contributed by atoms with Crippen molar-refractivity contribution in [3.05, 3.63) is 35.9 Å². The van der Waals surface area contributed by atoms with Crippen LogP contribution in [0.2, 0.25) is 0 Å². The maximum absolute atomic E-state index is 14.4. The van der Waals surface area contributed by atoms with Gasteiger partial charge in [-0.15, -0.1) is 0 Å². The van der Waals surface area contributed by atoms with Crippen LogP contribution in [0.25, 0.3) is 0 Å².